The highest BCUT2D eigenvalue weighted by molar-refractivity contribution is 5.90. The molecule has 0 aromatic heterocycles. The molecule has 106 valence electrons. The SMILES string of the molecule is C[C@H](OC(=O)/C=C/c1ccc2c(c1)OCCO2)C(N)=O. The molecule has 0 fully saturated rings. The van der Waals surface area contributed by atoms with Crippen LogP contribution < -0.4 is 15.2 Å². The van der Waals surface area contributed by atoms with Crippen molar-refractivity contribution in [1.29, 1.82) is 0 Å². The van der Waals surface area contributed by atoms with Crippen molar-refractivity contribution in [3.63, 3.8) is 0 Å². The Hall–Kier alpha value is -2.50. The number of carbonyl (C=O) groups is 2. The first-order valence-electron chi connectivity index (χ1n) is 6.14. The molecule has 1 aromatic carbocycles. The van der Waals surface area contributed by atoms with Crippen molar-refractivity contribution in [2.45, 2.75) is 13.0 Å². The van der Waals surface area contributed by atoms with Crippen LogP contribution in [0.1, 0.15) is 12.5 Å². The zero-order chi connectivity index (χ0) is 14.5. The highest BCUT2D eigenvalue weighted by Gasteiger charge is 2.13. The lowest BCUT2D eigenvalue weighted by Gasteiger charge is -2.18. The Morgan fingerprint density at radius 3 is 2.70 bits per heavy atom. The number of fused-ring (bicyclic) bond motifs is 1. The first-order chi connectivity index (χ1) is 9.56. The van der Waals surface area contributed by atoms with E-state index in [0.717, 1.165) is 5.56 Å². The van der Waals surface area contributed by atoms with Crippen LogP contribution in [0.5, 0.6) is 11.5 Å². The molecule has 20 heavy (non-hydrogen) atoms. The van der Waals surface area contributed by atoms with Gasteiger partial charge in [0, 0.05) is 6.08 Å². The Kier molecular flexibility index (Phi) is 4.24. The maximum atomic E-state index is 11.4. The third-order valence-corrected chi connectivity index (χ3v) is 2.67. The summed E-state index contributed by atoms with van der Waals surface area (Å²) in [6.45, 7) is 2.44. The zero-order valence-corrected chi connectivity index (χ0v) is 11.0. The molecule has 1 aromatic rings. The van der Waals surface area contributed by atoms with Crippen LogP contribution in [0, 0.1) is 0 Å². The summed E-state index contributed by atoms with van der Waals surface area (Å²) >= 11 is 0. The molecule has 0 unspecified atom stereocenters. The average Bonchev–Trinajstić information content (AvgIpc) is 2.44. The van der Waals surface area contributed by atoms with Crippen LogP contribution in [-0.2, 0) is 14.3 Å². The number of nitrogens with two attached hydrogens (primary N) is 1. The summed E-state index contributed by atoms with van der Waals surface area (Å²) in [5.41, 5.74) is 5.76. The van der Waals surface area contributed by atoms with Crippen LogP contribution in [0.2, 0.25) is 0 Å². The number of primary amides is 1. The van der Waals surface area contributed by atoms with E-state index >= 15 is 0 Å². The van der Waals surface area contributed by atoms with E-state index in [1.807, 2.05) is 0 Å². The number of benzene rings is 1. The van der Waals surface area contributed by atoms with E-state index in [2.05, 4.69) is 0 Å². The predicted octanol–water partition coefficient (Wildman–Crippen LogP) is 0.888. The first kappa shape index (κ1) is 13.9. The molecule has 0 bridgehead atoms. The topological polar surface area (TPSA) is 87.8 Å². The molecule has 2 N–H and O–H groups in total. The van der Waals surface area contributed by atoms with Crippen LogP contribution in [0.25, 0.3) is 6.08 Å². The maximum Gasteiger partial charge on any atom is 0.331 e. The van der Waals surface area contributed by atoms with Gasteiger partial charge in [0.1, 0.15) is 13.2 Å². The summed E-state index contributed by atoms with van der Waals surface area (Å²) in [6, 6.07) is 5.32. The van der Waals surface area contributed by atoms with Crippen molar-refractivity contribution in [3.05, 3.63) is 29.8 Å². The standard InChI is InChI=1S/C14H15NO5/c1-9(14(15)17)20-13(16)5-3-10-2-4-11-12(8-10)19-7-6-18-11/h2-5,8-9H,6-7H2,1H3,(H2,15,17)/b5-3+/t9-/m0/s1. The Balaban J connectivity index is 2.00. The molecule has 1 heterocycles. The van der Waals surface area contributed by atoms with Crippen molar-refractivity contribution in [1.82, 2.24) is 0 Å². The number of hydrogen-bond donors (Lipinski definition) is 1. The van der Waals surface area contributed by atoms with Gasteiger partial charge in [-0.3, -0.25) is 4.79 Å². The first-order valence-corrected chi connectivity index (χ1v) is 6.14. The van der Waals surface area contributed by atoms with E-state index in [4.69, 9.17) is 19.9 Å². The molecule has 0 saturated carbocycles. The lowest BCUT2D eigenvalue weighted by molar-refractivity contribution is -0.148. The van der Waals surface area contributed by atoms with Crippen molar-refractivity contribution < 1.29 is 23.8 Å². The minimum Gasteiger partial charge on any atom is -0.486 e. The van der Waals surface area contributed by atoms with E-state index in [-0.39, 0.29) is 0 Å². The Labute approximate surface area is 116 Å². The monoisotopic (exact) mass is 277 g/mol. The Bertz CT molecular complexity index is 552. The predicted molar refractivity (Wildman–Crippen MR) is 71.2 cm³/mol. The second kappa shape index (κ2) is 6.10. The lowest BCUT2D eigenvalue weighted by atomic mass is 10.2. The van der Waals surface area contributed by atoms with Crippen molar-refractivity contribution in [2.24, 2.45) is 5.73 Å². The molecular formula is C14H15NO5. The molecule has 2 rings (SSSR count). The third kappa shape index (κ3) is 3.50. The Morgan fingerprint density at radius 2 is 2.00 bits per heavy atom. The van der Waals surface area contributed by atoms with Gasteiger partial charge in [0.25, 0.3) is 5.91 Å². The zero-order valence-electron chi connectivity index (χ0n) is 11.0. The molecule has 1 aliphatic rings. The van der Waals surface area contributed by atoms with Crippen LogP contribution in [0.3, 0.4) is 0 Å². The van der Waals surface area contributed by atoms with Gasteiger partial charge in [-0.05, 0) is 30.7 Å². The van der Waals surface area contributed by atoms with Crippen molar-refractivity contribution in [3.8, 4) is 11.5 Å². The lowest BCUT2D eigenvalue weighted by Crippen LogP contribution is -2.29. The molecular weight excluding hydrogens is 262 g/mol. The molecule has 6 heteroatoms. The van der Waals surface area contributed by atoms with Crippen LogP contribution >= 0.6 is 0 Å². The van der Waals surface area contributed by atoms with Crippen LogP contribution in [-0.4, -0.2) is 31.2 Å². The summed E-state index contributed by atoms with van der Waals surface area (Å²) in [7, 11) is 0. The van der Waals surface area contributed by atoms with Gasteiger partial charge < -0.3 is 19.9 Å². The maximum absolute atomic E-state index is 11.4. The van der Waals surface area contributed by atoms with Gasteiger partial charge in [-0.1, -0.05) is 6.07 Å². The van der Waals surface area contributed by atoms with Crippen LogP contribution in [0.4, 0.5) is 0 Å². The second-order valence-corrected chi connectivity index (χ2v) is 4.22. The summed E-state index contributed by atoms with van der Waals surface area (Å²) in [5.74, 6) is -0.00660. The fourth-order valence-corrected chi connectivity index (χ4v) is 1.60. The van der Waals surface area contributed by atoms with Crippen molar-refractivity contribution >= 4 is 18.0 Å². The van der Waals surface area contributed by atoms with Gasteiger partial charge in [0.15, 0.2) is 17.6 Å². The van der Waals surface area contributed by atoms with E-state index in [0.29, 0.717) is 24.7 Å². The van der Waals surface area contributed by atoms with Gasteiger partial charge in [-0.2, -0.15) is 0 Å². The largest absolute Gasteiger partial charge is 0.486 e. The molecule has 0 saturated heterocycles. The number of amides is 1. The molecule has 6 nitrogen and oxygen atoms in total. The molecule has 0 radical (unpaired) electrons. The fourth-order valence-electron chi connectivity index (χ4n) is 1.60. The van der Waals surface area contributed by atoms with E-state index in [1.54, 1.807) is 24.3 Å². The van der Waals surface area contributed by atoms with Gasteiger partial charge in [0.2, 0.25) is 0 Å². The summed E-state index contributed by atoms with van der Waals surface area (Å²) < 4.78 is 15.6. The fraction of sp³-hybridized carbons (Fsp3) is 0.286. The van der Waals surface area contributed by atoms with Gasteiger partial charge >= 0.3 is 5.97 Å². The highest BCUT2D eigenvalue weighted by Crippen LogP contribution is 2.31. The third-order valence-electron chi connectivity index (χ3n) is 2.67. The summed E-state index contributed by atoms with van der Waals surface area (Å²) in [6.07, 6.45) is 1.84. The number of esters is 1. The van der Waals surface area contributed by atoms with Gasteiger partial charge in [0.05, 0.1) is 0 Å². The van der Waals surface area contributed by atoms with E-state index in [9.17, 15) is 9.59 Å². The van der Waals surface area contributed by atoms with E-state index in [1.165, 1.54) is 13.0 Å². The number of rotatable bonds is 4. The number of ether oxygens (including phenoxy) is 3. The Morgan fingerprint density at radius 1 is 1.30 bits per heavy atom. The molecule has 1 aliphatic heterocycles. The minimum atomic E-state index is -0.951. The molecule has 0 spiro atoms. The van der Waals surface area contributed by atoms with Crippen LogP contribution in [0.15, 0.2) is 24.3 Å². The second-order valence-electron chi connectivity index (χ2n) is 4.22. The normalized spacial score (nSPS) is 14.8. The van der Waals surface area contributed by atoms with Gasteiger partial charge in [-0.15, -0.1) is 0 Å². The highest BCUT2D eigenvalue weighted by atomic mass is 16.6. The number of hydrogen-bond acceptors (Lipinski definition) is 5. The molecule has 1 atom stereocenters. The summed E-state index contributed by atoms with van der Waals surface area (Å²) in [4.78, 5) is 22.2. The number of carbonyl (C=O) groups excluding carboxylic acids is 2. The molecule has 0 aliphatic carbocycles. The van der Waals surface area contributed by atoms with Crippen molar-refractivity contribution in [2.75, 3.05) is 13.2 Å². The molecule has 1 amide bonds. The van der Waals surface area contributed by atoms with Gasteiger partial charge in [-0.25, -0.2) is 4.79 Å². The van der Waals surface area contributed by atoms with E-state index < -0.39 is 18.0 Å². The quantitative estimate of drug-likeness (QED) is 0.652. The minimum absolute atomic E-state index is 0.498. The smallest absolute Gasteiger partial charge is 0.331 e. The average molecular weight is 277 g/mol. The summed E-state index contributed by atoms with van der Waals surface area (Å²) in [5, 5.41) is 0.